The summed E-state index contributed by atoms with van der Waals surface area (Å²) >= 11 is 6.02. The van der Waals surface area contributed by atoms with Crippen LogP contribution in [0.3, 0.4) is 0 Å². The van der Waals surface area contributed by atoms with Crippen molar-refractivity contribution in [3.05, 3.63) is 100 Å². The number of hydrogen-bond donors (Lipinski definition) is 1. The molecule has 32 heavy (non-hydrogen) atoms. The van der Waals surface area contributed by atoms with Crippen molar-refractivity contribution in [1.82, 2.24) is 4.90 Å². The summed E-state index contributed by atoms with van der Waals surface area (Å²) in [6.07, 6.45) is 3.73. The average molecular weight is 448 g/mol. The number of nitrogens with zero attached hydrogens (tertiary/aromatic N) is 1. The van der Waals surface area contributed by atoms with E-state index in [-0.39, 0.29) is 0 Å². The van der Waals surface area contributed by atoms with Crippen LogP contribution in [0.5, 0.6) is 5.75 Å². The van der Waals surface area contributed by atoms with Crippen molar-refractivity contribution in [1.29, 1.82) is 0 Å². The molecule has 0 spiro atoms. The Morgan fingerprint density at radius 2 is 1.59 bits per heavy atom. The van der Waals surface area contributed by atoms with Gasteiger partial charge >= 0.3 is 0 Å². The molecule has 1 fully saturated rings. The minimum Gasteiger partial charge on any atom is -0.489 e. The normalized spacial score (nSPS) is 20.0. The van der Waals surface area contributed by atoms with Crippen LogP contribution in [-0.2, 0) is 12.2 Å². The second kappa shape index (κ2) is 9.27. The molecule has 0 radical (unpaired) electrons. The van der Waals surface area contributed by atoms with Crippen LogP contribution >= 0.6 is 11.6 Å². The van der Waals surface area contributed by atoms with Gasteiger partial charge in [0.1, 0.15) is 12.4 Å². The van der Waals surface area contributed by atoms with Gasteiger partial charge in [0.05, 0.1) is 5.60 Å². The molecule has 2 heterocycles. The summed E-state index contributed by atoms with van der Waals surface area (Å²) in [5.41, 5.74) is 4.23. The SMILES string of the molecule is OC1(c2ccc(Cl)cc2)CCN(CCCC2c3ccccc3COc3ccccc32)CC1. The number of benzene rings is 3. The molecule has 0 aromatic heterocycles. The summed E-state index contributed by atoms with van der Waals surface area (Å²) in [7, 11) is 0. The zero-order valence-corrected chi connectivity index (χ0v) is 19.1. The number of fused-ring (bicyclic) bond motifs is 2. The minimum absolute atomic E-state index is 0.362. The molecule has 3 aromatic carbocycles. The van der Waals surface area contributed by atoms with Crippen LogP contribution in [0.4, 0.5) is 0 Å². The third-order valence-corrected chi connectivity index (χ3v) is 7.39. The highest BCUT2D eigenvalue weighted by atomic mass is 35.5. The number of piperidine rings is 1. The van der Waals surface area contributed by atoms with Crippen LogP contribution in [0.15, 0.2) is 72.8 Å². The molecule has 5 rings (SSSR count). The monoisotopic (exact) mass is 447 g/mol. The van der Waals surface area contributed by atoms with E-state index in [0.717, 1.165) is 56.6 Å². The fourth-order valence-electron chi connectivity index (χ4n) is 5.25. The van der Waals surface area contributed by atoms with Crippen LogP contribution in [-0.4, -0.2) is 29.6 Å². The van der Waals surface area contributed by atoms with Crippen molar-refractivity contribution in [3.63, 3.8) is 0 Å². The lowest BCUT2D eigenvalue weighted by atomic mass is 9.83. The molecule has 166 valence electrons. The number of likely N-dealkylation sites (tertiary alicyclic amines) is 1. The van der Waals surface area contributed by atoms with Crippen LogP contribution in [0.2, 0.25) is 5.02 Å². The number of ether oxygens (including phenoxy) is 1. The zero-order valence-electron chi connectivity index (χ0n) is 18.3. The van der Waals surface area contributed by atoms with Gasteiger partial charge in [-0.25, -0.2) is 0 Å². The van der Waals surface area contributed by atoms with Gasteiger partial charge in [0, 0.05) is 29.6 Å². The quantitative estimate of drug-likeness (QED) is 0.510. The van der Waals surface area contributed by atoms with Crippen molar-refractivity contribution in [3.8, 4) is 5.75 Å². The van der Waals surface area contributed by atoms with Crippen LogP contribution in [0, 0.1) is 0 Å². The Morgan fingerprint density at radius 3 is 2.38 bits per heavy atom. The molecule has 0 amide bonds. The number of hydrogen-bond acceptors (Lipinski definition) is 3. The Morgan fingerprint density at radius 1 is 0.906 bits per heavy atom. The summed E-state index contributed by atoms with van der Waals surface area (Å²) < 4.78 is 6.13. The first-order chi connectivity index (χ1) is 15.6. The van der Waals surface area contributed by atoms with Crippen LogP contribution in [0.25, 0.3) is 0 Å². The van der Waals surface area contributed by atoms with E-state index in [4.69, 9.17) is 16.3 Å². The highest BCUT2D eigenvalue weighted by Gasteiger charge is 2.34. The Bertz CT molecular complexity index is 1010. The van der Waals surface area contributed by atoms with E-state index >= 15 is 0 Å². The van der Waals surface area contributed by atoms with E-state index in [2.05, 4.69) is 53.4 Å². The predicted molar refractivity (Wildman–Crippen MR) is 129 cm³/mol. The van der Waals surface area contributed by atoms with Gasteiger partial charge in [-0.2, -0.15) is 0 Å². The fourth-order valence-corrected chi connectivity index (χ4v) is 5.38. The summed E-state index contributed by atoms with van der Waals surface area (Å²) in [6, 6.07) is 24.8. The zero-order chi connectivity index (χ0) is 22.0. The molecule has 1 saturated heterocycles. The lowest BCUT2D eigenvalue weighted by Gasteiger charge is -2.38. The van der Waals surface area contributed by atoms with Gasteiger partial charge in [0.25, 0.3) is 0 Å². The molecule has 4 heteroatoms. The van der Waals surface area contributed by atoms with Crippen LogP contribution < -0.4 is 4.74 Å². The Balaban J connectivity index is 1.22. The minimum atomic E-state index is -0.738. The maximum atomic E-state index is 11.1. The Hall–Kier alpha value is -2.33. The van der Waals surface area contributed by atoms with Gasteiger partial charge < -0.3 is 14.7 Å². The van der Waals surface area contributed by atoms with Crippen molar-refractivity contribution >= 4 is 11.6 Å². The summed E-state index contributed by atoms with van der Waals surface area (Å²) in [5.74, 6) is 1.38. The first-order valence-corrected chi connectivity index (χ1v) is 12.0. The van der Waals surface area contributed by atoms with Gasteiger partial charge in [0.2, 0.25) is 0 Å². The first-order valence-electron chi connectivity index (χ1n) is 11.6. The standard InChI is InChI=1S/C28H30ClNO2/c29-23-13-11-22(12-14-23)28(31)15-18-30(19-16-28)17-5-9-25-24-7-2-1-6-21(24)20-32-27-10-4-3-8-26(25)27/h1-4,6-8,10-14,25,31H,5,9,15-20H2. The van der Waals surface area contributed by atoms with Crippen LogP contribution in [0.1, 0.15) is 53.9 Å². The van der Waals surface area contributed by atoms with Gasteiger partial charge in [0.15, 0.2) is 0 Å². The summed E-state index contributed by atoms with van der Waals surface area (Å²) in [6.45, 7) is 3.53. The maximum absolute atomic E-state index is 11.1. The summed E-state index contributed by atoms with van der Waals surface area (Å²) in [5, 5.41) is 11.9. The maximum Gasteiger partial charge on any atom is 0.123 e. The second-order valence-electron chi connectivity index (χ2n) is 9.10. The lowest BCUT2D eigenvalue weighted by molar-refractivity contribution is -0.0261. The van der Waals surface area contributed by atoms with E-state index in [1.807, 2.05) is 24.3 Å². The van der Waals surface area contributed by atoms with E-state index in [0.29, 0.717) is 17.5 Å². The molecule has 2 aliphatic heterocycles. The summed E-state index contributed by atoms with van der Waals surface area (Å²) in [4.78, 5) is 2.50. The second-order valence-corrected chi connectivity index (χ2v) is 9.54. The number of rotatable bonds is 5. The van der Waals surface area contributed by atoms with Gasteiger partial charge in [-0.1, -0.05) is 66.2 Å². The van der Waals surface area contributed by atoms with E-state index in [1.54, 1.807) is 0 Å². The smallest absolute Gasteiger partial charge is 0.123 e. The largest absolute Gasteiger partial charge is 0.489 e. The van der Waals surface area contributed by atoms with Gasteiger partial charge in [-0.3, -0.25) is 0 Å². The molecule has 2 aliphatic rings. The molecule has 1 unspecified atom stereocenters. The molecular weight excluding hydrogens is 418 g/mol. The highest BCUT2D eigenvalue weighted by Crippen LogP contribution is 2.40. The molecule has 1 N–H and O–H groups in total. The Labute approximate surface area is 195 Å². The average Bonchev–Trinajstić information content (AvgIpc) is 2.98. The fraction of sp³-hybridized carbons (Fsp3) is 0.357. The van der Waals surface area contributed by atoms with E-state index < -0.39 is 5.60 Å². The highest BCUT2D eigenvalue weighted by molar-refractivity contribution is 6.30. The predicted octanol–water partition coefficient (Wildman–Crippen LogP) is 6.13. The molecule has 0 bridgehead atoms. The molecule has 3 nitrogen and oxygen atoms in total. The Kier molecular flexibility index (Phi) is 6.23. The van der Waals surface area contributed by atoms with Crippen molar-refractivity contribution in [2.24, 2.45) is 0 Å². The van der Waals surface area contributed by atoms with Crippen molar-refractivity contribution < 1.29 is 9.84 Å². The molecular formula is C28H30ClNO2. The number of para-hydroxylation sites is 1. The first kappa shape index (κ1) is 21.5. The third-order valence-electron chi connectivity index (χ3n) is 7.14. The molecule has 0 saturated carbocycles. The topological polar surface area (TPSA) is 32.7 Å². The third kappa shape index (κ3) is 4.43. The number of aliphatic hydroxyl groups is 1. The molecule has 3 aromatic rings. The number of halogens is 1. The molecule has 1 atom stereocenters. The van der Waals surface area contributed by atoms with E-state index in [1.165, 1.54) is 16.7 Å². The van der Waals surface area contributed by atoms with Gasteiger partial charge in [-0.15, -0.1) is 0 Å². The van der Waals surface area contributed by atoms with Crippen molar-refractivity contribution in [2.75, 3.05) is 19.6 Å². The van der Waals surface area contributed by atoms with E-state index in [9.17, 15) is 5.11 Å². The lowest BCUT2D eigenvalue weighted by Crippen LogP contribution is -2.42. The van der Waals surface area contributed by atoms with Gasteiger partial charge in [-0.05, 0) is 67.1 Å². The van der Waals surface area contributed by atoms with Crippen molar-refractivity contribution in [2.45, 2.75) is 43.8 Å². The molecule has 0 aliphatic carbocycles.